The second kappa shape index (κ2) is 5.80. The van der Waals surface area contributed by atoms with Crippen molar-refractivity contribution in [1.29, 1.82) is 0 Å². The van der Waals surface area contributed by atoms with Crippen LogP contribution in [-0.4, -0.2) is 24.1 Å². The minimum Gasteiger partial charge on any atom is -0.481 e. The van der Waals surface area contributed by atoms with Gasteiger partial charge in [0.25, 0.3) is 0 Å². The highest BCUT2D eigenvalue weighted by Crippen LogP contribution is 2.23. The van der Waals surface area contributed by atoms with Gasteiger partial charge in [0.05, 0.1) is 18.8 Å². The van der Waals surface area contributed by atoms with Crippen molar-refractivity contribution in [2.75, 3.05) is 14.2 Å². The summed E-state index contributed by atoms with van der Waals surface area (Å²) in [6, 6.07) is 8.34. The van der Waals surface area contributed by atoms with Gasteiger partial charge in [0, 0.05) is 6.07 Å². The predicted octanol–water partition coefficient (Wildman–Crippen LogP) is 2.41. The van der Waals surface area contributed by atoms with Crippen LogP contribution in [0, 0.1) is 13.8 Å². The van der Waals surface area contributed by atoms with E-state index in [1.165, 1.54) is 23.0 Å². The van der Waals surface area contributed by atoms with Crippen LogP contribution in [0.4, 0.5) is 0 Å². The van der Waals surface area contributed by atoms with Gasteiger partial charge in [-0.3, -0.25) is 0 Å². The van der Waals surface area contributed by atoms with E-state index < -0.39 is 0 Å². The largest absolute Gasteiger partial charge is 0.481 e. The molecule has 0 spiro atoms. The second-order valence-corrected chi connectivity index (χ2v) is 4.55. The third-order valence-corrected chi connectivity index (χ3v) is 3.32. The molecule has 0 saturated heterocycles. The van der Waals surface area contributed by atoms with Crippen LogP contribution in [0.3, 0.4) is 0 Å². The van der Waals surface area contributed by atoms with E-state index >= 15 is 0 Å². The number of nitrogens with zero attached hydrogens (tertiary/aromatic N) is 2. The molecule has 19 heavy (non-hydrogen) atoms. The van der Waals surface area contributed by atoms with E-state index in [9.17, 15) is 0 Å². The van der Waals surface area contributed by atoms with Crippen molar-refractivity contribution >= 4 is 0 Å². The van der Waals surface area contributed by atoms with Gasteiger partial charge in [-0.15, -0.1) is 0 Å². The Bertz CT molecular complexity index is 569. The van der Waals surface area contributed by atoms with Gasteiger partial charge >= 0.3 is 0 Å². The zero-order chi connectivity index (χ0) is 13.8. The molecule has 0 aliphatic rings. The lowest BCUT2D eigenvalue weighted by Crippen LogP contribution is -2.19. The molecular formula is C15H19N3O. The number of ether oxygens (including phenoxy) is 1. The standard InChI is InChI=1S/C15H19N3O/c1-10-5-6-12(7-11(10)2)15(16-3)13-8-14(19-4)18-9-17-13/h5-9,15-16H,1-4H3. The summed E-state index contributed by atoms with van der Waals surface area (Å²) in [7, 11) is 3.53. The third-order valence-electron chi connectivity index (χ3n) is 3.32. The van der Waals surface area contributed by atoms with Crippen LogP contribution in [0.15, 0.2) is 30.6 Å². The van der Waals surface area contributed by atoms with E-state index in [-0.39, 0.29) is 6.04 Å². The summed E-state index contributed by atoms with van der Waals surface area (Å²) in [6.07, 6.45) is 1.53. The molecule has 2 aromatic rings. The highest BCUT2D eigenvalue weighted by molar-refractivity contribution is 5.35. The lowest BCUT2D eigenvalue weighted by atomic mass is 9.99. The van der Waals surface area contributed by atoms with Crippen LogP contribution in [0.5, 0.6) is 5.88 Å². The van der Waals surface area contributed by atoms with Gasteiger partial charge in [0.1, 0.15) is 6.33 Å². The van der Waals surface area contributed by atoms with E-state index in [0.29, 0.717) is 5.88 Å². The SMILES string of the molecule is CNC(c1ccc(C)c(C)c1)c1cc(OC)ncn1. The average molecular weight is 257 g/mol. The van der Waals surface area contributed by atoms with Crippen molar-refractivity contribution in [3.05, 3.63) is 53.0 Å². The van der Waals surface area contributed by atoms with Crippen molar-refractivity contribution in [3.63, 3.8) is 0 Å². The van der Waals surface area contributed by atoms with Crippen molar-refractivity contribution in [2.24, 2.45) is 0 Å². The van der Waals surface area contributed by atoms with Gasteiger partial charge in [-0.25, -0.2) is 9.97 Å². The molecule has 1 unspecified atom stereocenters. The third kappa shape index (κ3) is 2.90. The molecule has 0 aliphatic heterocycles. The van der Waals surface area contributed by atoms with Gasteiger partial charge in [0.15, 0.2) is 0 Å². The van der Waals surface area contributed by atoms with E-state index in [1.54, 1.807) is 7.11 Å². The fraction of sp³-hybridized carbons (Fsp3) is 0.333. The van der Waals surface area contributed by atoms with E-state index in [2.05, 4.69) is 47.3 Å². The van der Waals surface area contributed by atoms with Gasteiger partial charge < -0.3 is 10.1 Å². The Kier molecular flexibility index (Phi) is 4.12. The van der Waals surface area contributed by atoms with Crippen molar-refractivity contribution in [1.82, 2.24) is 15.3 Å². The molecule has 1 heterocycles. The Morgan fingerprint density at radius 3 is 2.53 bits per heavy atom. The normalized spacial score (nSPS) is 12.2. The summed E-state index contributed by atoms with van der Waals surface area (Å²) < 4.78 is 5.15. The van der Waals surface area contributed by atoms with Crippen LogP contribution in [0.25, 0.3) is 0 Å². The lowest BCUT2D eigenvalue weighted by molar-refractivity contribution is 0.395. The Labute approximate surface area is 113 Å². The lowest BCUT2D eigenvalue weighted by Gasteiger charge is -2.17. The van der Waals surface area contributed by atoms with Gasteiger partial charge in [-0.05, 0) is 37.6 Å². The fourth-order valence-electron chi connectivity index (χ4n) is 2.05. The van der Waals surface area contributed by atoms with E-state index in [0.717, 1.165) is 5.69 Å². The van der Waals surface area contributed by atoms with E-state index in [1.807, 2.05) is 13.1 Å². The van der Waals surface area contributed by atoms with Gasteiger partial charge in [-0.2, -0.15) is 0 Å². The molecule has 4 heteroatoms. The average Bonchev–Trinajstić information content (AvgIpc) is 2.44. The highest BCUT2D eigenvalue weighted by Gasteiger charge is 2.15. The molecule has 0 radical (unpaired) electrons. The smallest absolute Gasteiger partial charge is 0.216 e. The molecule has 1 atom stereocenters. The quantitative estimate of drug-likeness (QED) is 0.913. The van der Waals surface area contributed by atoms with E-state index in [4.69, 9.17) is 4.74 Å². The number of nitrogens with one attached hydrogen (secondary N) is 1. The molecular weight excluding hydrogens is 238 g/mol. The number of rotatable bonds is 4. The maximum atomic E-state index is 5.15. The number of hydrogen-bond donors (Lipinski definition) is 1. The Morgan fingerprint density at radius 1 is 1.11 bits per heavy atom. The molecule has 4 nitrogen and oxygen atoms in total. The zero-order valence-electron chi connectivity index (χ0n) is 11.8. The van der Waals surface area contributed by atoms with Crippen LogP contribution in [-0.2, 0) is 0 Å². The number of aryl methyl sites for hydroxylation is 2. The topological polar surface area (TPSA) is 47.0 Å². The summed E-state index contributed by atoms with van der Waals surface area (Å²) in [6.45, 7) is 4.23. The molecule has 1 aromatic heterocycles. The molecule has 2 rings (SSSR count). The molecule has 0 saturated carbocycles. The molecule has 0 fully saturated rings. The van der Waals surface area contributed by atoms with Crippen molar-refractivity contribution in [2.45, 2.75) is 19.9 Å². The maximum Gasteiger partial charge on any atom is 0.216 e. The molecule has 0 aliphatic carbocycles. The summed E-state index contributed by atoms with van der Waals surface area (Å²) in [5.74, 6) is 0.578. The Hall–Kier alpha value is -1.94. The summed E-state index contributed by atoms with van der Waals surface area (Å²) in [4.78, 5) is 8.37. The molecule has 1 aromatic carbocycles. The number of hydrogen-bond acceptors (Lipinski definition) is 4. The van der Waals surface area contributed by atoms with Crippen LogP contribution in [0.2, 0.25) is 0 Å². The summed E-state index contributed by atoms with van der Waals surface area (Å²) in [5, 5.41) is 3.29. The number of methoxy groups -OCH3 is 1. The minimum atomic E-state index is 0.0381. The second-order valence-electron chi connectivity index (χ2n) is 4.55. The maximum absolute atomic E-state index is 5.15. The van der Waals surface area contributed by atoms with Crippen LogP contribution in [0.1, 0.15) is 28.4 Å². The number of aromatic nitrogens is 2. The van der Waals surface area contributed by atoms with Crippen LogP contribution < -0.4 is 10.1 Å². The first-order valence-corrected chi connectivity index (χ1v) is 6.26. The fourth-order valence-corrected chi connectivity index (χ4v) is 2.05. The first-order chi connectivity index (χ1) is 9.15. The molecule has 0 bridgehead atoms. The Morgan fingerprint density at radius 2 is 1.89 bits per heavy atom. The van der Waals surface area contributed by atoms with Crippen molar-refractivity contribution in [3.8, 4) is 5.88 Å². The first kappa shape index (κ1) is 13.5. The zero-order valence-corrected chi connectivity index (χ0v) is 11.8. The van der Waals surface area contributed by atoms with Gasteiger partial charge in [0.2, 0.25) is 5.88 Å². The number of benzene rings is 1. The molecule has 100 valence electrons. The minimum absolute atomic E-state index is 0.0381. The van der Waals surface area contributed by atoms with Gasteiger partial charge in [-0.1, -0.05) is 18.2 Å². The van der Waals surface area contributed by atoms with Crippen molar-refractivity contribution < 1.29 is 4.74 Å². The highest BCUT2D eigenvalue weighted by atomic mass is 16.5. The first-order valence-electron chi connectivity index (χ1n) is 6.26. The molecule has 0 amide bonds. The summed E-state index contributed by atoms with van der Waals surface area (Å²) >= 11 is 0. The Balaban J connectivity index is 2.40. The van der Waals surface area contributed by atoms with Crippen LogP contribution >= 0.6 is 0 Å². The molecule has 1 N–H and O–H groups in total. The monoisotopic (exact) mass is 257 g/mol. The predicted molar refractivity (Wildman–Crippen MR) is 75.4 cm³/mol. The summed E-state index contributed by atoms with van der Waals surface area (Å²) in [5.41, 5.74) is 4.65.